The molecule has 1 atom stereocenters. The number of hydrogen-bond acceptors (Lipinski definition) is 1. The molecule has 0 bridgehead atoms. The van der Waals surface area contributed by atoms with Crippen LogP contribution in [-0.2, 0) is 13.0 Å². The van der Waals surface area contributed by atoms with Gasteiger partial charge in [0.25, 0.3) is 0 Å². The fourth-order valence-corrected chi connectivity index (χ4v) is 2.50. The van der Waals surface area contributed by atoms with E-state index in [-0.39, 0.29) is 0 Å². The van der Waals surface area contributed by atoms with Gasteiger partial charge >= 0.3 is 0 Å². The summed E-state index contributed by atoms with van der Waals surface area (Å²) < 4.78 is 0. The van der Waals surface area contributed by atoms with Gasteiger partial charge in [0, 0.05) is 12.6 Å². The summed E-state index contributed by atoms with van der Waals surface area (Å²) in [5.41, 5.74) is 3.85. The molecule has 0 saturated heterocycles. The highest BCUT2D eigenvalue weighted by Gasteiger charge is 2.04. The minimum atomic E-state index is 0.459. The maximum atomic E-state index is 6.04. The summed E-state index contributed by atoms with van der Waals surface area (Å²) in [7, 11) is 0. The van der Waals surface area contributed by atoms with Gasteiger partial charge in [-0.15, -0.1) is 0 Å². The first-order valence-corrected chi connectivity index (χ1v) is 8.03. The van der Waals surface area contributed by atoms with E-state index < -0.39 is 0 Å². The Labute approximate surface area is 137 Å². The molecule has 3 heteroatoms. The van der Waals surface area contributed by atoms with Gasteiger partial charge in [0.05, 0.1) is 10.0 Å². The third kappa shape index (κ3) is 5.35. The highest BCUT2D eigenvalue weighted by Crippen LogP contribution is 2.23. The van der Waals surface area contributed by atoms with Gasteiger partial charge < -0.3 is 5.32 Å². The second kappa shape index (κ2) is 7.84. The number of hydrogen-bond donors (Lipinski definition) is 1. The molecular weight excluding hydrogens is 301 g/mol. The predicted octanol–water partition coefficient (Wildman–Crippen LogP) is 5.41. The second-order valence-electron chi connectivity index (χ2n) is 5.55. The van der Waals surface area contributed by atoms with Crippen LogP contribution < -0.4 is 5.32 Å². The van der Waals surface area contributed by atoms with Gasteiger partial charge in [-0.1, -0.05) is 59.1 Å². The normalized spacial score (nSPS) is 12.4. The average molecular weight is 322 g/mol. The molecule has 2 rings (SSSR count). The van der Waals surface area contributed by atoms with E-state index in [9.17, 15) is 0 Å². The van der Waals surface area contributed by atoms with Crippen molar-refractivity contribution in [2.45, 2.75) is 39.3 Å². The first-order chi connectivity index (χ1) is 10.0. The minimum Gasteiger partial charge on any atom is -0.310 e. The third-order valence-corrected chi connectivity index (χ3v) is 4.36. The number of benzene rings is 2. The number of halogens is 2. The van der Waals surface area contributed by atoms with Gasteiger partial charge in [0.15, 0.2) is 0 Å². The summed E-state index contributed by atoms with van der Waals surface area (Å²) >= 11 is 12.0. The van der Waals surface area contributed by atoms with Crippen LogP contribution in [0.5, 0.6) is 0 Å². The Morgan fingerprint density at radius 3 is 2.29 bits per heavy atom. The Hall–Kier alpha value is -1.02. The molecule has 1 N–H and O–H groups in total. The molecule has 112 valence electrons. The third-order valence-electron chi connectivity index (χ3n) is 3.63. The van der Waals surface area contributed by atoms with Crippen molar-refractivity contribution >= 4 is 23.2 Å². The minimum absolute atomic E-state index is 0.459. The highest BCUT2D eigenvalue weighted by atomic mass is 35.5. The quantitative estimate of drug-likeness (QED) is 0.749. The topological polar surface area (TPSA) is 12.0 Å². The van der Waals surface area contributed by atoms with Crippen molar-refractivity contribution in [2.75, 3.05) is 0 Å². The van der Waals surface area contributed by atoms with Crippen molar-refractivity contribution in [3.8, 4) is 0 Å². The standard InChI is InChI=1S/C18H21Cl2N/c1-13-3-6-16(7-4-13)12-21-14(2)5-8-15-9-10-17(19)18(20)11-15/h3-4,6-7,9-11,14,21H,5,8,12H2,1-2H3/t14-/m1/s1. The van der Waals surface area contributed by atoms with Crippen LogP contribution in [0.25, 0.3) is 0 Å². The molecule has 0 saturated carbocycles. The van der Waals surface area contributed by atoms with Gasteiger partial charge in [0.2, 0.25) is 0 Å². The predicted molar refractivity (Wildman–Crippen MR) is 92.3 cm³/mol. The zero-order valence-electron chi connectivity index (χ0n) is 12.5. The van der Waals surface area contributed by atoms with Crippen LogP contribution in [0.3, 0.4) is 0 Å². The van der Waals surface area contributed by atoms with Crippen molar-refractivity contribution in [1.82, 2.24) is 5.32 Å². The number of rotatable bonds is 6. The number of aryl methyl sites for hydroxylation is 2. The molecule has 2 aromatic carbocycles. The summed E-state index contributed by atoms with van der Waals surface area (Å²) in [5.74, 6) is 0. The molecule has 0 aromatic heterocycles. The maximum Gasteiger partial charge on any atom is 0.0595 e. The van der Waals surface area contributed by atoms with Crippen LogP contribution in [0.2, 0.25) is 10.0 Å². The summed E-state index contributed by atoms with van der Waals surface area (Å²) in [6.07, 6.45) is 2.07. The second-order valence-corrected chi connectivity index (χ2v) is 6.37. The van der Waals surface area contributed by atoms with Crippen LogP contribution in [0.1, 0.15) is 30.0 Å². The SMILES string of the molecule is Cc1ccc(CN[C@H](C)CCc2ccc(Cl)c(Cl)c2)cc1. The Bertz CT molecular complexity index is 578. The fraction of sp³-hybridized carbons (Fsp3) is 0.333. The van der Waals surface area contributed by atoms with E-state index in [0.29, 0.717) is 16.1 Å². The lowest BCUT2D eigenvalue weighted by Crippen LogP contribution is -2.25. The molecule has 1 nitrogen and oxygen atoms in total. The summed E-state index contributed by atoms with van der Waals surface area (Å²) in [6.45, 7) is 5.23. The van der Waals surface area contributed by atoms with E-state index in [1.807, 2.05) is 18.2 Å². The van der Waals surface area contributed by atoms with Gasteiger partial charge in [-0.2, -0.15) is 0 Å². The van der Waals surface area contributed by atoms with E-state index in [1.54, 1.807) is 0 Å². The van der Waals surface area contributed by atoms with Crippen LogP contribution >= 0.6 is 23.2 Å². The lowest BCUT2D eigenvalue weighted by Gasteiger charge is -2.14. The molecule has 0 aliphatic rings. The maximum absolute atomic E-state index is 6.04. The molecular formula is C18H21Cl2N. The van der Waals surface area contributed by atoms with E-state index in [1.165, 1.54) is 16.7 Å². The molecule has 21 heavy (non-hydrogen) atoms. The zero-order chi connectivity index (χ0) is 15.2. The van der Waals surface area contributed by atoms with E-state index >= 15 is 0 Å². The monoisotopic (exact) mass is 321 g/mol. The molecule has 0 aliphatic carbocycles. The van der Waals surface area contributed by atoms with Crippen LogP contribution in [-0.4, -0.2) is 6.04 Å². The zero-order valence-corrected chi connectivity index (χ0v) is 14.0. The molecule has 0 fully saturated rings. The summed E-state index contributed by atoms with van der Waals surface area (Å²) in [6, 6.07) is 15.0. The molecule has 2 aromatic rings. The van der Waals surface area contributed by atoms with E-state index in [4.69, 9.17) is 23.2 Å². The largest absolute Gasteiger partial charge is 0.310 e. The van der Waals surface area contributed by atoms with Gasteiger partial charge in [-0.05, 0) is 49.9 Å². The lowest BCUT2D eigenvalue weighted by atomic mass is 10.1. The first kappa shape index (κ1) is 16.4. The Kier molecular flexibility index (Phi) is 6.10. The molecule has 0 radical (unpaired) electrons. The first-order valence-electron chi connectivity index (χ1n) is 7.27. The van der Waals surface area contributed by atoms with Gasteiger partial charge in [-0.25, -0.2) is 0 Å². The lowest BCUT2D eigenvalue weighted by molar-refractivity contribution is 0.514. The van der Waals surface area contributed by atoms with Crippen molar-refractivity contribution in [3.63, 3.8) is 0 Å². The van der Waals surface area contributed by atoms with E-state index in [2.05, 4.69) is 43.4 Å². The molecule has 0 spiro atoms. The molecule has 0 aliphatic heterocycles. The van der Waals surface area contributed by atoms with Crippen molar-refractivity contribution < 1.29 is 0 Å². The van der Waals surface area contributed by atoms with Crippen LogP contribution in [0.15, 0.2) is 42.5 Å². The van der Waals surface area contributed by atoms with Crippen LogP contribution in [0, 0.1) is 6.92 Å². The summed E-state index contributed by atoms with van der Waals surface area (Å²) in [4.78, 5) is 0. The number of nitrogens with one attached hydrogen (secondary N) is 1. The molecule has 0 unspecified atom stereocenters. The van der Waals surface area contributed by atoms with Crippen LogP contribution in [0.4, 0.5) is 0 Å². The average Bonchev–Trinajstić information content (AvgIpc) is 2.48. The Morgan fingerprint density at radius 2 is 1.62 bits per heavy atom. The Morgan fingerprint density at radius 1 is 0.952 bits per heavy atom. The Balaban J connectivity index is 1.77. The fourth-order valence-electron chi connectivity index (χ4n) is 2.18. The smallest absolute Gasteiger partial charge is 0.0595 e. The summed E-state index contributed by atoms with van der Waals surface area (Å²) in [5, 5.41) is 4.81. The van der Waals surface area contributed by atoms with E-state index in [0.717, 1.165) is 19.4 Å². The van der Waals surface area contributed by atoms with Crippen molar-refractivity contribution in [1.29, 1.82) is 0 Å². The molecule has 0 amide bonds. The van der Waals surface area contributed by atoms with Gasteiger partial charge in [-0.3, -0.25) is 0 Å². The highest BCUT2D eigenvalue weighted by molar-refractivity contribution is 6.42. The van der Waals surface area contributed by atoms with Crippen molar-refractivity contribution in [2.24, 2.45) is 0 Å². The molecule has 0 heterocycles. The van der Waals surface area contributed by atoms with Gasteiger partial charge in [0.1, 0.15) is 0 Å². The van der Waals surface area contributed by atoms with Crippen molar-refractivity contribution in [3.05, 3.63) is 69.2 Å².